The fraction of sp³-hybridized carbons (Fsp3) is 0.421. The molecule has 1 atom stereocenters. The van der Waals surface area contributed by atoms with Crippen LogP contribution in [-0.2, 0) is 23.1 Å². The van der Waals surface area contributed by atoms with Crippen LogP contribution in [0.1, 0.15) is 42.6 Å². The lowest BCUT2D eigenvalue weighted by Crippen LogP contribution is -2.28. The average molecular weight is 340 g/mol. The highest BCUT2D eigenvalue weighted by Crippen LogP contribution is 2.22. The third kappa shape index (κ3) is 3.73. The number of nitrogens with zero attached hydrogens (tertiary/aromatic N) is 3. The first-order valence-electron chi connectivity index (χ1n) is 8.63. The van der Waals surface area contributed by atoms with Gasteiger partial charge in [-0.25, -0.2) is 0 Å². The predicted molar refractivity (Wildman–Crippen MR) is 96.2 cm³/mol. The molecule has 0 bridgehead atoms. The first-order chi connectivity index (χ1) is 12.0. The molecule has 6 heteroatoms. The maximum atomic E-state index is 12.3. The number of aryl methyl sites for hydroxylation is 1. The van der Waals surface area contributed by atoms with E-state index in [2.05, 4.69) is 10.4 Å². The van der Waals surface area contributed by atoms with Crippen molar-refractivity contribution < 1.29 is 9.59 Å². The maximum absolute atomic E-state index is 12.3. The van der Waals surface area contributed by atoms with Crippen molar-refractivity contribution in [2.75, 3.05) is 11.4 Å². The van der Waals surface area contributed by atoms with Gasteiger partial charge in [0, 0.05) is 37.0 Å². The molecule has 1 aromatic heterocycles. The molecule has 132 valence electrons. The summed E-state index contributed by atoms with van der Waals surface area (Å²) in [6.45, 7) is 4.73. The molecule has 25 heavy (non-hydrogen) atoms. The summed E-state index contributed by atoms with van der Waals surface area (Å²) in [6.07, 6.45) is 3.64. The summed E-state index contributed by atoms with van der Waals surface area (Å²) in [6, 6.07) is 7.59. The van der Waals surface area contributed by atoms with Crippen LogP contribution in [-0.4, -0.2) is 28.1 Å². The maximum Gasteiger partial charge on any atom is 0.227 e. The van der Waals surface area contributed by atoms with E-state index in [-0.39, 0.29) is 17.9 Å². The van der Waals surface area contributed by atoms with Crippen molar-refractivity contribution in [3.8, 4) is 0 Å². The van der Waals surface area contributed by atoms with E-state index in [1.165, 1.54) is 0 Å². The molecule has 2 heterocycles. The van der Waals surface area contributed by atoms with E-state index in [9.17, 15) is 9.59 Å². The number of hydrogen-bond donors (Lipinski definition) is 1. The number of rotatable bonds is 5. The first-order valence-corrected chi connectivity index (χ1v) is 8.63. The Morgan fingerprint density at radius 1 is 1.32 bits per heavy atom. The number of anilines is 1. The van der Waals surface area contributed by atoms with Gasteiger partial charge in [-0.15, -0.1) is 0 Å². The van der Waals surface area contributed by atoms with Crippen molar-refractivity contribution in [2.45, 2.75) is 39.2 Å². The molecule has 1 fully saturated rings. The topological polar surface area (TPSA) is 67.2 Å². The lowest BCUT2D eigenvalue weighted by molar-refractivity contribution is -0.121. The molecule has 0 unspecified atom stereocenters. The third-order valence-electron chi connectivity index (χ3n) is 4.80. The van der Waals surface area contributed by atoms with Crippen molar-refractivity contribution in [1.29, 1.82) is 0 Å². The Kier molecular flexibility index (Phi) is 4.88. The molecule has 2 amide bonds. The monoisotopic (exact) mass is 340 g/mol. The van der Waals surface area contributed by atoms with Gasteiger partial charge in [0.15, 0.2) is 0 Å². The molecular formula is C19H24N4O2. The predicted octanol–water partition coefficient (Wildman–Crippen LogP) is 2.28. The summed E-state index contributed by atoms with van der Waals surface area (Å²) in [5.74, 6) is 0.145. The smallest absolute Gasteiger partial charge is 0.227 e. The van der Waals surface area contributed by atoms with Crippen molar-refractivity contribution in [2.24, 2.45) is 7.05 Å². The first kappa shape index (κ1) is 17.2. The van der Waals surface area contributed by atoms with E-state index in [1.807, 2.05) is 45.2 Å². The van der Waals surface area contributed by atoms with Crippen LogP contribution in [0.2, 0.25) is 0 Å². The number of aromatic nitrogens is 2. The summed E-state index contributed by atoms with van der Waals surface area (Å²) < 4.78 is 1.80. The van der Waals surface area contributed by atoms with Gasteiger partial charge >= 0.3 is 0 Å². The number of benzene rings is 1. The molecule has 1 saturated heterocycles. The standard InChI is InChI=1S/C19H24N4O2/c1-13(17-12-20-22(3)14(17)2)21-18(24)11-15-6-8-16(9-7-15)23-10-4-5-19(23)25/h6-9,12-13H,4-5,10-11H2,1-3H3,(H,21,24)/t13-/m0/s1. The molecule has 1 N–H and O–H groups in total. The van der Waals surface area contributed by atoms with E-state index >= 15 is 0 Å². The average Bonchev–Trinajstić information content (AvgIpc) is 3.14. The molecule has 2 aromatic rings. The van der Waals surface area contributed by atoms with E-state index in [4.69, 9.17) is 0 Å². The summed E-state index contributed by atoms with van der Waals surface area (Å²) in [5, 5.41) is 7.23. The lowest BCUT2D eigenvalue weighted by Gasteiger charge is -2.16. The molecule has 0 radical (unpaired) electrons. The van der Waals surface area contributed by atoms with Crippen LogP contribution >= 0.6 is 0 Å². The molecule has 6 nitrogen and oxygen atoms in total. The van der Waals surface area contributed by atoms with E-state index in [1.54, 1.807) is 15.8 Å². The normalized spacial score (nSPS) is 15.5. The van der Waals surface area contributed by atoms with Crippen LogP contribution in [0.4, 0.5) is 5.69 Å². The second-order valence-corrected chi connectivity index (χ2v) is 6.59. The fourth-order valence-electron chi connectivity index (χ4n) is 3.21. The Bertz CT molecular complexity index is 779. The molecule has 0 saturated carbocycles. The Morgan fingerprint density at radius 2 is 2.04 bits per heavy atom. The molecule has 0 spiro atoms. The molecule has 1 aliphatic rings. The highest BCUT2D eigenvalue weighted by Gasteiger charge is 2.21. The van der Waals surface area contributed by atoms with Gasteiger partial charge in [-0.1, -0.05) is 12.1 Å². The van der Waals surface area contributed by atoms with Crippen LogP contribution in [0.5, 0.6) is 0 Å². The lowest BCUT2D eigenvalue weighted by atomic mass is 10.1. The number of nitrogens with one attached hydrogen (secondary N) is 1. The van der Waals surface area contributed by atoms with Crippen LogP contribution < -0.4 is 10.2 Å². The third-order valence-corrected chi connectivity index (χ3v) is 4.80. The minimum absolute atomic E-state index is 0.0271. The van der Waals surface area contributed by atoms with Crippen molar-refractivity contribution >= 4 is 17.5 Å². The minimum atomic E-state index is -0.0808. The van der Waals surface area contributed by atoms with Crippen molar-refractivity contribution in [3.63, 3.8) is 0 Å². The summed E-state index contributed by atoms with van der Waals surface area (Å²) >= 11 is 0. The van der Waals surface area contributed by atoms with Gasteiger partial charge in [-0.05, 0) is 38.0 Å². The van der Waals surface area contributed by atoms with Gasteiger partial charge < -0.3 is 10.2 Å². The molecule has 1 aromatic carbocycles. The van der Waals surface area contributed by atoms with Crippen molar-refractivity contribution in [3.05, 3.63) is 47.3 Å². The van der Waals surface area contributed by atoms with Gasteiger partial charge in [0.1, 0.15) is 0 Å². The highest BCUT2D eigenvalue weighted by atomic mass is 16.2. The summed E-state index contributed by atoms with van der Waals surface area (Å²) in [4.78, 5) is 25.9. The number of hydrogen-bond acceptors (Lipinski definition) is 3. The van der Waals surface area contributed by atoms with Crippen molar-refractivity contribution in [1.82, 2.24) is 15.1 Å². The minimum Gasteiger partial charge on any atom is -0.349 e. The second kappa shape index (κ2) is 7.09. The van der Waals surface area contributed by atoms with Crippen LogP contribution in [0.25, 0.3) is 0 Å². The Hall–Kier alpha value is -2.63. The van der Waals surface area contributed by atoms with E-state index in [0.717, 1.165) is 35.5 Å². The van der Waals surface area contributed by atoms with Crippen LogP contribution in [0.15, 0.2) is 30.5 Å². The quantitative estimate of drug-likeness (QED) is 0.908. The Balaban J connectivity index is 1.59. The van der Waals surface area contributed by atoms with E-state index in [0.29, 0.717) is 12.8 Å². The zero-order valence-electron chi connectivity index (χ0n) is 15.0. The van der Waals surface area contributed by atoms with Gasteiger partial charge in [-0.3, -0.25) is 14.3 Å². The number of carbonyl (C=O) groups excluding carboxylic acids is 2. The summed E-state index contributed by atoms with van der Waals surface area (Å²) in [5.41, 5.74) is 3.92. The second-order valence-electron chi connectivity index (χ2n) is 6.59. The molecule has 1 aliphatic heterocycles. The Labute approximate surface area is 147 Å². The zero-order valence-corrected chi connectivity index (χ0v) is 15.0. The highest BCUT2D eigenvalue weighted by molar-refractivity contribution is 5.95. The molecule has 3 rings (SSSR count). The molecular weight excluding hydrogens is 316 g/mol. The zero-order chi connectivity index (χ0) is 18.0. The molecule has 0 aliphatic carbocycles. The Morgan fingerprint density at radius 3 is 2.60 bits per heavy atom. The van der Waals surface area contributed by atoms with Crippen LogP contribution in [0, 0.1) is 6.92 Å². The fourth-order valence-corrected chi connectivity index (χ4v) is 3.21. The van der Waals surface area contributed by atoms with Gasteiger partial charge in [0.2, 0.25) is 11.8 Å². The summed E-state index contributed by atoms with van der Waals surface area (Å²) in [7, 11) is 1.89. The number of carbonyl (C=O) groups is 2. The largest absolute Gasteiger partial charge is 0.349 e. The SMILES string of the molecule is Cc1c([C@H](C)NC(=O)Cc2ccc(N3CCCC3=O)cc2)cnn1C. The van der Waals surface area contributed by atoms with Gasteiger partial charge in [0.25, 0.3) is 0 Å². The van der Waals surface area contributed by atoms with Crippen LogP contribution in [0.3, 0.4) is 0 Å². The van der Waals surface area contributed by atoms with Gasteiger partial charge in [-0.2, -0.15) is 5.10 Å². The van der Waals surface area contributed by atoms with Gasteiger partial charge in [0.05, 0.1) is 18.7 Å². The van der Waals surface area contributed by atoms with E-state index < -0.39 is 0 Å². The number of amides is 2.